The summed E-state index contributed by atoms with van der Waals surface area (Å²) in [6, 6.07) is 10.7. The predicted octanol–water partition coefficient (Wildman–Crippen LogP) is 5.06. The molecule has 2 aromatic rings. The number of ether oxygens (including phenoxy) is 3. The van der Waals surface area contributed by atoms with Gasteiger partial charge in [0.2, 0.25) is 0 Å². The second kappa shape index (κ2) is 10.3. The van der Waals surface area contributed by atoms with Crippen molar-refractivity contribution < 1.29 is 24.1 Å². The lowest BCUT2D eigenvalue weighted by Gasteiger charge is -2.15. The summed E-state index contributed by atoms with van der Waals surface area (Å²) < 4.78 is 16.3. The third-order valence-corrected chi connectivity index (χ3v) is 4.05. The Morgan fingerprint density at radius 2 is 1.71 bits per heavy atom. The first-order valence-electron chi connectivity index (χ1n) is 8.92. The van der Waals surface area contributed by atoms with Gasteiger partial charge in [0.1, 0.15) is 0 Å². The molecule has 148 valence electrons. The minimum Gasteiger partial charge on any atom is -0.493 e. The van der Waals surface area contributed by atoms with Crippen molar-refractivity contribution in [3.05, 3.63) is 70.3 Å². The quantitative estimate of drug-likeness (QED) is 0.373. The maximum atomic E-state index is 11.0. The van der Waals surface area contributed by atoms with Gasteiger partial charge in [-0.25, -0.2) is 4.79 Å². The SMILES string of the molecule is COCOc1c(CC=C(C)C)cc(C=Cc2ccc(C(=O)O)cc2)cc1OC. The molecule has 0 bridgehead atoms. The number of carbonyl (C=O) groups is 1. The summed E-state index contributed by atoms with van der Waals surface area (Å²) >= 11 is 0. The molecule has 0 heterocycles. The monoisotopic (exact) mass is 382 g/mol. The van der Waals surface area contributed by atoms with E-state index in [-0.39, 0.29) is 12.4 Å². The third-order valence-electron chi connectivity index (χ3n) is 4.05. The Bertz CT molecular complexity index is 859. The van der Waals surface area contributed by atoms with Gasteiger partial charge in [-0.1, -0.05) is 35.9 Å². The fraction of sp³-hybridized carbons (Fsp3) is 0.261. The molecule has 28 heavy (non-hydrogen) atoms. The van der Waals surface area contributed by atoms with E-state index in [1.54, 1.807) is 38.5 Å². The van der Waals surface area contributed by atoms with Crippen molar-refractivity contribution >= 4 is 18.1 Å². The topological polar surface area (TPSA) is 65.0 Å². The van der Waals surface area contributed by atoms with E-state index in [4.69, 9.17) is 19.3 Å². The first-order valence-corrected chi connectivity index (χ1v) is 8.92. The lowest BCUT2D eigenvalue weighted by Crippen LogP contribution is -2.04. The van der Waals surface area contributed by atoms with Crippen molar-refractivity contribution in [3.8, 4) is 11.5 Å². The molecular weight excluding hydrogens is 356 g/mol. The van der Waals surface area contributed by atoms with Crippen LogP contribution >= 0.6 is 0 Å². The van der Waals surface area contributed by atoms with Crippen LogP contribution in [0.3, 0.4) is 0 Å². The van der Waals surface area contributed by atoms with Gasteiger partial charge < -0.3 is 19.3 Å². The van der Waals surface area contributed by atoms with Gasteiger partial charge in [0, 0.05) is 12.7 Å². The molecule has 0 fully saturated rings. The number of rotatable bonds is 9. The Morgan fingerprint density at radius 1 is 1.04 bits per heavy atom. The van der Waals surface area contributed by atoms with Crippen LogP contribution in [0.2, 0.25) is 0 Å². The molecule has 0 aromatic heterocycles. The van der Waals surface area contributed by atoms with Crippen molar-refractivity contribution in [2.24, 2.45) is 0 Å². The summed E-state index contributed by atoms with van der Waals surface area (Å²) in [6.45, 7) is 4.25. The second-order valence-electron chi connectivity index (χ2n) is 6.51. The van der Waals surface area contributed by atoms with Gasteiger partial charge in [0.05, 0.1) is 12.7 Å². The standard InChI is InChI=1S/C23H26O5/c1-16(2)5-10-20-13-18(14-21(27-4)22(20)28-15-26-3)7-6-17-8-11-19(12-9-17)23(24)25/h5-9,11-14H,10,15H2,1-4H3,(H,24,25). The molecule has 0 saturated heterocycles. The third kappa shape index (κ3) is 5.99. The summed E-state index contributed by atoms with van der Waals surface area (Å²) in [4.78, 5) is 11.0. The highest BCUT2D eigenvalue weighted by Crippen LogP contribution is 2.34. The van der Waals surface area contributed by atoms with Crippen LogP contribution < -0.4 is 9.47 Å². The number of benzene rings is 2. The molecule has 0 unspecified atom stereocenters. The Hall–Kier alpha value is -3.05. The van der Waals surface area contributed by atoms with E-state index in [1.807, 2.05) is 18.2 Å². The Balaban J connectivity index is 2.35. The Kier molecular flexibility index (Phi) is 7.84. The second-order valence-corrected chi connectivity index (χ2v) is 6.51. The van der Waals surface area contributed by atoms with Crippen LogP contribution in [0.4, 0.5) is 0 Å². The minimum atomic E-state index is -0.934. The number of hydrogen-bond acceptors (Lipinski definition) is 4. The van der Waals surface area contributed by atoms with Gasteiger partial charge in [-0.15, -0.1) is 0 Å². The molecule has 0 saturated carbocycles. The van der Waals surface area contributed by atoms with Crippen LogP contribution in [-0.4, -0.2) is 32.1 Å². The number of carboxylic acids is 1. The first kappa shape index (κ1) is 21.3. The molecule has 0 radical (unpaired) electrons. The zero-order valence-corrected chi connectivity index (χ0v) is 16.7. The van der Waals surface area contributed by atoms with E-state index in [0.29, 0.717) is 17.9 Å². The van der Waals surface area contributed by atoms with Crippen molar-refractivity contribution in [2.45, 2.75) is 20.3 Å². The Morgan fingerprint density at radius 3 is 2.29 bits per heavy atom. The van der Waals surface area contributed by atoms with E-state index >= 15 is 0 Å². The van der Waals surface area contributed by atoms with Gasteiger partial charge >= 0.3 is 5.97 Å². The molecule has 0 spiro atoms. The lowest BCUT2D eigenvalue weighted by atomic mass is 10.0. The van der Waals surface area contributed by atoms with E-state index in [9.17, 15) is 4.79 Å². The van der Waals surface area contributed by atoms with Crippen LogP contribution in [-0.2, 0) is 11.2 Å². The molecule has 1 N–H and O–H groups in total. The van der Waals surface area contributed by atoms with E-state index < -0.39 is 5.97 Å². The first-order chi connectivity index (χ1) is 13.4. The highest BCUT2D eigenvalue weighted by molar-refractivity contribution is 5.88. The van der Waals surface area contributed by atoms with Gasteiger partial charge in [-0.05, 0) is 55.7 Å². The van der Waals surface area contributed by atoms with Crippen molar-refractivity contribution in [2.75, 3.05) is 21.0 Å². The average Bonchev–Trinajstić information content (AvgIpc) is 2.69. The fourth-order valence-electron chi connectivity index (χ4n) is 2.61. The zero-order chi connectivity index (χ0) is 20.5. The maximum absolute atomic E-state index is 11.0. The van der Waals surface area contributed by atoms with Crippen molar-refractivity contribution in [1.29, 1.82) is 0 Å². The summed E-state index contributed by atoms with van der Waals surface area (Å²) in [7, 11) is 3.19. The molecule has 0 atom stereocenters. The minimum absolute atomic E-state index is 0.142. The number of allylic oxidation sites excluding steroid dienone is 2. The summed E-state index contributed by atoms with van der Waals surface area (Å²) in [5.74, 6) is 0.373. The smallest absolute Gasteiger partial charge is 0.335 e. The largest absolute Gasteiger partial charge is 0.493 e. The van der Waals surface area contributed by atoms with Crippen LogP contribution in [0.25, 0.3) is 12.2 Å². The molecule has 0 amide bonds. The number of methoxy groups -OCH3 is 2. The molecule has 0 aliphatic rings. The van der Waals surface area contributed by atoms with Crippen molar-refractivity contribution in [3.63, 3.8) is 0 Å². The summed E-state index contributed by atoms with van der Waals surface area (Å²) in [5.41, 5.74) is 4.35. The van der Waals surface area contributed by atoms with Crippen LogP contribution in [0.15, 0.2) is 48.0 Å². The van der Waals surface area contributed by atoms with Crippen LogP contribution in [0.1, 0.15) is 40.9 Å². The zero-order valence-electron chi connectivity index (χ0n) is 16.7. The van der Waals surface area contributed by atoms with Gasteiger partial charge in [0.15, 0.2) is 18.3 Å². The van der Waals surface area contributed by atoms with Crippen molar-refractivity contribution in [1.82, 2.24) is 0 Å². The highest BCUT2D eigenvalue weighted by atomic mass is 16.7. The maximum Gasteiger partial charge on any atom is 0.335 e. The molecule has 0 aliphatic heterocycles. The summed E-state index contributed by atoms with van der Waals surface area (Å²) in [6.07, 6.45) is 6.74. The molecule has 2 aromatic carbocycles. The predicted molar refractivity (Wildman–Crippen MR) is 111 cm³/mol. The van der Waals surface area contributed by atoms with E-state index in [0.717, 1.165) is 16.7 Å². The van der Waals surface area contributed by atoms with Crippen LogP contribution in [0.5, 0.6) is 11.5 Å². The number of aromatic carboxylic acids is 1. The molecule has 5 nitrogen and oxygen atoms in total. The van der Waals surface area contributed by atoms with Crippen LogP contribution in [0, 0.1) is 0 Å². The molecule has 5 heteroatoms. The molecule has 0 aliphatic carbocycles. The van der Waals surface area contributed by atoms with Gasteiger partial charge in [-0.3, -0.25) is 0 Å². The molecule has 2 rings (SSSR count). The van der Waals surface area contributed by atoms with Gasteiger partial charge in [0.25, 0.3) is 0 Å². The number of hydrogen-bond donors (Lipinski definition) is 1. The van der Waals surface area contributed by atoms with E-state index in [1.165, 1.54) is 5.57 Å². The average molecular weight is 382 g/mol. The number of carboxylic acid groups (broad SMARTS) is 1. The van der Waals surface area contributed by atoms with Gasteiger partial charge in [-0.2, -0.15) is 0 Å². The van der Waals surface area contributed by atoms with E-state index in [2.05, 4.69) is 26.0 Å². The fourth-order valence-corrected chi connectivity index (χ4v) is 2.61. The Labute approximate surface area is 165 Å². The normalized spacial score (nSPS) is 10.7. The highest BCUT2D eigenvalue weighted by Gasteiger charge is 2.12. The molecular formula is C23H26O5. The lowest BCUT2D eigenvalue weighted by molar-refractivity contribution is 0.0485. The summed E-state index contributed by atoms with van der Waals surface area (Å²) in [5, 5.41) is 8.99.